The first-order valence-corrected chi connectivity index (χ1v) is 5.55. The van der Waals surface area contributed by atoms with Crippen LogP contribution in [0.3, 0.4) is 0 Å². The minimum absolute atomic E-state index is 0.332. The number of nitriles is 1. The quantitative estimate of drug-likeness (QED) is 0.832. The molecule has 1 aromatic heterocycles. The van der Waals surface area contributed by atoms with E-state index in [9.17, 15) is 4.39 Å². The van der Waals surface area contributed by atoms with Crippen LogP contribution in [0.4, 0.5) is 10.1 Å². The number of nitrogens with zero attached hydrogens (tertiary/aromatic N) is 2. The SMILES string of the molecule is Cc1occc1CN(C)c1ccc(F)cc1C#N. The van der Waals surface area contributed by atoms with Crippen molar-refractivity contribution in [2.45, 2.75) is 13.5 Å². The van der Waals surface area contributed by atoms with Gasteiger partial charge < -0.3 is 9.32 Å². The zero-order valence-corrected chi connectivity index (χ0v) is 10.3. The lowest BCUT2D eigenvalue weighted by atomic mass is 10.1. The average Bonchev–Trinajstić information content (AvgIpc) is 2.74. The Morgan fingerprint density at radius 1 is 1.39 bits per heavy atom. The first-order valence-electron chi connectivity index (χ1n) is 5.55. The molecule has 0 amide bonds. The van der Waals surface area contributed by atoms with E-state index >= 15 is 0 Å². The fraction of sp³-hybridized carbons (Fsp3) is 0.214. The second-order valence-electron chi connectivity index (χ2n) is 4.13. The van der Waals surface area contributed by atoms with Crippen molar-refractivity contribution in [3.63, 3.8) is 0 Å². The Kier molecular flexibility index (Phi) is 3.33. The summed E-state index contributed by atoms with van der Waals surface area (Å²) in [6.07, 6.45) is 1.63. The normalized spacial score (nSPS) is 10.1. The van der Waals surface area contributed by atoms with E-state index in [1.165, 1.54) is 12.1 Å². The number of hydrogen-bond donors (Lipinski definition) is 0. The van der Waals surface area contributed by atoms with Crippen LogP contribution in [0.15, 0.2) is 34.9 Å². The van der Waals surface area contributed by atoms with Crippen LogP contribution in [-0.4, -0.2) is 7.05 Å². The fourth-order valence-electron chi connectivity index (χ4n) is 1.85. The molecule has 1 aromatic carbocycles. The molecule has 0 fully saturated rings. The van der Waals surface area contributed by atoms with Crippen molar-refractivity contribution in [1.29, 1.82) is 5.26 Å². The lowest BCUT2D eigenvalue weighted by Crippen LogP contribution is -2.17. The molecule has 0 aliphatic heterocycles. The Bertz CT molecular complexity index is 598. The molecule has 0 unspecified atom stereocenters. The molecule has 0 aliphatic carbocycles. The van der Waals surface area contributed by atoms with Gasteiger partial charge in [0.15, 0.2) is 0 Å². The Morgan fingerprint density at radius 3 is 2.78 bits per heavy atom. The Morgan fingerprint density at radius 2 is 2.17 bits per heavy atom. The number of furan rings is 1. The van der Waals surface area contributed by atoms with Crippen LogP contribution in [0, 0.1) is 24.1 Å². The Labute approximate surface area is 105 Å². The number of aryl methyl sites for hydroxylation is 1. The van der Waals surface area contributed by atoms with Gasteiger partial charge >= 0.3 is 0 Å². The largest absolute Gasteiger partial charge is 0.469 e. The summed E-state index contributed by atoms with van der Waals surface area (Å²) in [4.78, 5) is 1.90. The number of anilines is 1. The molecular formula is C14H13FN2O. The second kappa shape index (κ2) is 4.92. The molecule has 2 rings (SSSR count). The summed E-state index contributed by atoms with van der Waals surface area (Å²) < 4.78 is 18.3. The summed E-state index contributed by atoms with van der Waals surface area (Å²) in [5, 5.41) is 9.01. The molecule has 0 spiro atoms. The molecule has 2 aromatic rings. The molecule has 0 atom stereocenters. The smallest absolute Gasteiger partial charge is 0.124 e. The minimum atomic E-state index is -0.400. The predicted molar refractivity (Wildman–Crippen MR) is 66.7 cm³/mol. The topological polar surface area (TPSA) is 40.2 Å². The van der Waals surface area contributed by atoms with Gasteiger partial charge in [-0.25, -0.2) is 4.39 Å². The summed E-state index contributed by atoms with van der Waals surface area (Å²) in [6, 6.07) is 8.11. The molecule has 1 heterocycles. The predicted octanol–water partition coefficient (Wildman–Crippen LogP) is 3.24. The van der Waals surface area contributed by atoms with Crippen LogP contribution in [0.2, 0.25) is 0 Å². The van der Waals surface area contributed by atoms with E-state index in [0.717, 1.165) is 11.3 Å². The van der Waals surface area contributed by atoms with E-state index in [4.69, 9.17) is 9.68 Å². The van der Waals surface area contributed by atoms with E-state index in [2.05, 4.69) is 0 Å². The van der Waals surface area contributed by atoms with Crippen LogP contribution in [0.5, 0.6) is 0 Å². The highest BCUT2D eigenvalue weighted by Gasteiger charge is 2.11. The summed E-state index contributed by atoms with van der Waals surface area (Å²) in [5.74, 6) is 0.450. The number of halogens is 1. The summed E-state index contributed by atoms with van der Waals surface area (Å²) in [5.41, 5.74) is 2.09. The summed E-state index contributed by atoms with van der Waals surface area (Å²) >= 11 is 0. The van der Waals surface area contributed by atoms with Gasteiger partial charge in [0, 0.05) is 19.2 Å². The van der Waals surface area contributed by atoms with E-state index in [-0.39, 0.29) is 0 Å². The molecule has 0 bridgehead atoms. The lowest BCUT2D eigenvalue weighted by molar-refractivity contribution is 0.529. The molecule has 0 saturated heterocycles. The van der Waals surface area contributed by atoms with Crippen molar-refractivity contribution in [3.05, 3.63) is 53.2 Å². The highest BCUT2D eigenvalue weighted by Crippen LogP contribution is 2.22. The Hall–Kier alpha value is -2.28. The number of rotatable bonds is 3. The monoisotopic (exact) mass is 244 g/mol. The van der Waals surface area contributed by atoms with Gasteiger partial charge in [-0.3, -0.25) is 0 Å². The third-order valence-electron chi connectivity index (χ3n) is 2.86. The Balaban J connectivity index is 2.27. The van der Waals surface area contributed by atoms with E-state index in [1.807, 2.05) is 31.0 Å². The van der Waals surface area contributed by atoms with E-state index < -0.39 is 5.82 Å². The van der Waals surface area contributed by atoms with Crippen LogP contribution in [-0.2, 0) is 6.54 Å². The van der Waals surface area contributed by atoms with Crippen LogP contribution < -0.4 is 4.90 Å². The van der Waals surface area contributed by atoms with Gasteiger partial charge in [0.25, 0.3) is 0 Å². The average molecular weight is 244 g/mol. The molecule has 18 heavy (non-hydrogen) atoms. The van der Waals surface area contributed by atoms with Gasteiger partial charge in [-0.05, 0) is 31.2 Å². The molecular weight excluding hydrogens is 231 g/mol. The van der Waals surface area contributed by atoms with Crippen molar-refractivity contribution in [2.75, 3.05) is 11.9 Å². The summed E-state index contributed by atoms with van der Waals surface area (Å²) in [7, 11) is 1.86. The van der Waals surface area contributed by atoms with Crippen LogP contribution in [0.25, 0.3) is 0 Å². The molecule has 0 N–H and O–H groups in total. The maximum Gasteiger partial charge on any atom is 0.124 e. The minimum Gasteiger partial charge on any atom is -0.469 e. The molecule has 0 aliphatic rings. The third kappa shape index (κ3) is 2.35. The van der Waals surface area contributed by atoms with Gasteiger partial charge in [-0.1, -0.05) is 0 Å². The molecule has 4 heteroatoms. The lowest BCUT2D eigenvalue weighted by Gasteiger charge is -2.20. The van der Waals surface area contributed by atoms with Crippen molar-refractivity contribution in [1.82, 2.24) is 0 Å². The van der Waals surface area contributed by atoms with Crippen molar-refractivity contribution in [2.24, 2.45) is 0 Å². The maximum atomic E-state index is 13.1. The third-order valence-corrected chi connectivity index (χ3v) is 2.86. The second-order valence-corrected chi connectivity index (χ2v) is 4.13. The fourth-order valence-corrected chi connectivity index (χ4v) is 1.85. The highest BCUT2D eigenvalue weighted by molar-refractivity contribution is 5.59. The first-order chi connectivity index (χ1) is 8.61. The van der Waals surface area contributed by atoms with Crippen LogP contribution in [0.1, 0.15) is 16.9 Å². The van der Waals surface area contributed by atoms with Gasteiger partial charge in [-0.2, -0.15) is 5.26 Å². The highest BCUT2D eigenvalue weighted by atomic mass is 19.1. The maximum absolute atomic E-state index is 13.1. The molecule has 92 valence electrons. The number of benzene rings is 1. The zero-order chi connectivity index (χ0) is 13.1. The van der Waals surface area contributed by atoms with Crippen LogP contribution >= 0.6 is 0 Å². The van der Waals surface area contributed by atoms with Crippen molar-refractivity contribution < 1.29 is 8.81 Å². The van der Waals surface area contributed by atoms with Crippen molar-refractivity contribution >= 4 is 5.69 Å². The van der Waals surface area contributed by atoms with E-state index in [0.29, 0.717) is 17.8 Å². The van der Waals surface area contributed by atoms with Gasteiger partial charge in [0.1, 0.15) is 17.6 Å². The number of hydrogen-bond acceptors (Lipinski definition) is 3. The van der Waals surface area contributed by atoms with Gasteiger partial charge in [0.05, 0.1) is 17.5 Å². The van der Waals surface area contributed by atoms with Crippen molar-refractivity contribution in [3.8, 4) is 6.07 Å². The van der Waals surface area contributed by atoms with Gasteiger partial charge in [-0.15, -0.1) is 0 Å². The van der Waals surface area contributed by atoms with Gasteiger partial charge in [0.2, 0.25) is 0 Å². The molecule has 0 saturated carbocycles. The first kappa shape index (κ1) is 12.2. The summed E-state index contributed by atoms with van der Waals surface area (Å²) in [6.45, 7) is 2.50. The van der Waals surface area contributed by atoms with E-state index in [1.54, 1.807) is 12.3 Å². The standard InChI is InChI=1S/C14H13FN2O/c1-10-11(5-6-18-10)9-17(2)14-4-3-13(15)7-12(14)8-16/h3-7H,9H2,1-2H3. The zero-order valence-electron chi connectivity index (χ0n) is 10.3. The molecule has 0 radical (unpaired) electrons. The molecule has 3 nitrogen and oxygen atoms in total.